The van der Waals surface area contributed by atoms with Crippen LogP contribution in [0.1, 0.15) is 25.0 Å². The lowest BCUT2D eigenvalue weighted by molar-refractivity contribution is 0.660. The average molecular weight is 774 g/mol. The fourth-order valence-corrected chi connectivity index (χ4v) is 10.3. The zero-order chi connectivity index (χ0) is 39.2. The molecular formula is C54H35N3OS. The van der Waals surface area contributed by atoms with Gasteiger partial charge in [-0.25, -0.2) is 15.0 Å². The normalized spacial score (nSPS) is 13.1. The van der Waals surface area contributed by atoms with Crippen LogP contribution in [0, 0.1) is 0 Å². The highest BCUT2D eigenvalue weighted by Gasteiger charge is 2.35. The summed E-state index contributed by atoms with van der Waals surface area (Å²) in [6.45, 7) is 4.67. The number of rotatable bonds is 5. The van der Waals surface area contributed by atoms with Gasteiger partial charge < -0.3 is 4.42 Å². The summed E-state index contributed by atoms with van der Waals surface area (Å²) in [5.74, 6) is 1.87. The highest BCUT2D eigenvalue weighted by Crippen LogP contribution is 2.50. The Balaban J connectivity index is 0.981. The van der Waals surface area contributed by atoms with Gasteiger partial charge >= 0.3 is 0 Å². The third-order valence-corrected chi connectivity index (χ3v) is 13.3. The Kier molecular flexibility index (Phi) is 7.41. The van der Waals surface area contributed by atoms with Gasteiger partial charge in [0.25, 0.3) is 0 Å². The number of hydrogen-bond acceptors (Lipinski definition) is 5. The van der Waals surface area contributed by atoms with E-state index in [4.69, 9.17) is 19.4 Å². The molecule has 0 aliphatic heterocycles. The SMILES string of the molecule is CC1(C)c2ccccc2-c2ccc(-c3cccc(-c4ccc5oc6cccc(-c7nc(-c8ccccc8)nc(-c8ccc9c(c8)sc8ccccc89)n7)c6c5c4)c3)cc21. The summed E-state index contributed by atoms with van der Waals surface area (Å²) in [5.41, 5.74) is 14.4. The van der Waals surface area contributed by atoms with Gasteiger partial charge in [-0.05, 0) is 87.0 Å². The van der Waals surface area contributed by atoms with Gasteiger partial charge in [-0.15, -0.1) is 11.3 Å². The first-order valence-corrected chi connectivity index (χ1v) is 20.8. The molecule has 59 heavy (non-hydrogen) atoms. The Morgan fingerprint density at radius 3 is 1.90 bits per heavy atom. The minimum Gasteiger partial charge on any atom is -0.456 e. The fourth-order valence-electron chi connectivity index (χ4n) is 9.16. The number of furan rings is 1. The van der Waals surface area contributed by atoms with Crippen LogP contribution in [0.15, 0.2) is 180 Å². The predicted octanol–water partition coefficient (Wildman–Crippen LogP) is 14.8. The van der Waals surface area contributed by atoms with Crippen molar-refractivity contribution in [2.75, 3.05) is 0 Å². The van der Waals surface area contributed by atoms with Gasteiger partial charge in [0.15, 0.2) is 17.5 Å². The van der Waals surface area contributed by atoms with Crippen molar-refractivity contribution < 1.29 is 4.42 Å². The lowest BCUT2D eigenvalue weighted by Gasteiger charge is -2.22. The molecule has 11 aromatic rings. The lowest BCUT2D eigenvalue weighted by atomic mass is 9.81. The molecule has 1 aliphatic rings. The van der Waals surface area contributed by atoms with E-state index in [0.29, 0.717) is 17.5 Å². The number of benzene rings is 8. The predicted molar refractivity (Wildman–Crippen MR) is 245 cm³/mol. The molecule has 0 saturated carbocycles. The molecule has 0 saturated heterocycles. The average Bonchev–Trinajstić information content (AvgIpc) is 3.93. The maximum atomic E-state index is 6.52. The highest BCUT2D eigenvalue weighted by atomic mass is 32.1. The number of hydrogen-bond donors (Lipinski definition) is 0. The Hall–Kier alpha value is -7.21. The van der Waals surface area contributed by atoms with Crippen molar-refractivity contribution in [3.8, 4) is 67.5 Å². The Labute approximate surface area is 345 Å². The first-order chi connectivity index (χ1) is 29.0. The third kappa shape index (κ3) is 5.39. The van der Waals surface area contributed by atoms with Crippen LogP contribution >= 0.6 is 11.3 Å². The second kappa shape index (κ2) is 12.9. The van der Waals surface area contributed by atoms with Crippen molar-refractivity contribution >= 4 is 53.4 Å². The molecule has 1 aliphatic carbocycles. The molecule has 4 nitrogen and oxygen atoms in total. The second-order valence-corrected chi connectivity index (χ2v) is 17.1. The van der Waals surface area contributed by atoms with E-state index in [9.17, 15) is 0 Å². The maximum Gasteiger partial charge on any atom is 0.164 e. The summed E-state index contributed by atoms with van der Waals surface area (Å²) in [7, 11) is 0. The highest BCUT2D eigenvalue weighted by molar-refractivity contribution is 7.25. The fraction of sp³-hybridized carbons (Fsp3) is 0.0556. The van der Waals surface area contributed by atoms with Gasteiger partial charge in [0.05, 0.1) is 0 Å². The van der Waals surface area contributed by atoms with E-state index >= 15 is 0 Å². The van der Waals surface area contributed by atoms with Crippen molar-refractivity contribution in [3.63, 3.8) is 0 Å². The molecule has 12 rings (SSSR count). The van der Waals surface area contributed by atoms with Crippen molar-refractivity contribution in [3.05, 3.63) is 187 Å². The summed E-state index contributed by atoms with van der Waals surface area (Å²) in [5, 5.41) is 4.51. The number of nitrogens with zero attached hydrogens (tertiary/aromatic N) is 3. The van der Waals surface area contributed by atoms with E-state index in [2.05, 4.69) is 159 Å². The van der Waals surface area contributed by atoms with E-state index in [1.807, 2.05) is 30.3 Å². The molecule has 278 valence electrons. The van der Waals surface area contributed by atoms with Gasteiger partial charge in [0, 0.05) is 53.1 Å². The topological polar surface area (TPSA) is 51.8 Å². The standard InChI is InChI=1S/C54H35N3OS/c1-54(2)44-19-8-6-16-38(44)39-25-22-36(30-45(39)54)34-15-10-14-33(28-34)35-24-27-46-43(29-35)50-42(18-11-20-47(50)58-46)53-56-51(32-12-4-3-5-13-32)55-52(57-53)37-23-26-41-40-17-7-9-21-48(40)59-49(41)31-37/h3-31H,1-2H3. The van der Waals surface area contributed by atoms with Gasteiger partial charge in [-0.2, -0.15) is 0 Å². The molecule has 0 atom stereocenters. The van der Waals surface area contributed by atoms with Crippen molar-refractivity contribution in [2.24, 2.45) is 0 Å². The van der Waals surface area contributed by atoms with Gasteiger partial charge in [0.2, 0.25) is 0 Å². The molecule has 8 aromatic carbocycles. The molecular weight excluding hydrogens is 739 g/mol. The van der Waals surface area contributed by atoms with Gasteiger partial charge in [0.1, 0.15) is 11.2 Å². The summed E-state index contributed by atoms with van der Waals surface area (Å²) in [6.07, 6.45) is 0. The zero-order valence-electron chi connectivity index (χ0n) is 32.4. The smallest absolute Gasteiger partial charge is 0.164 e. The second-order valence-electron chi connectivity index (χ2n) is 16.0. The van der Waals surface area contributed by atoms with Gasteiger partial charge in [-0.3, -0.25) is 0 Å². The molecule has 0 radical (unpaired) electrons. The van der Waals surface area contributed by atoms with E-state index in [-0.39, 0.29) is 5.41 Å². The van der Waals surface area contributed by atoms with Crippen molar-refractivity contribution in [1.82, 2.24) is 15.0 Å². The minimum atomic E-state index is -0.0570. The number of fused-ring (bicyclic) bond motifs is 9. The minimum absolute atomic E-state index is 0.0570. The van der Waals surface area contributed by atoms with E-state index < -0.39 is 0 Å². The van der Waals surface area contributed by atoms with Crippen LogP contribution in [0.25, 0.3) is 110 Å². The monoisotopic (exact) mass is 773 g/mol. The van der Waals surface area contributed by atoms with Crippen molar-refractivity contribution in [1.29, 1.82) is 0 Å². The van der Waals surface area contributed by atoms with E-state index in [1.165, 1.54) is 53.6 Å². The van der Waals surface area contributed by atoms with Crippen molar-refractivity contribution in [2.45, 2.75) is 19.3 Å². The summed E-state index contributed by atoms with van der Waals surface area (Å²) in [6, 6.07) is 62.5. The third-order valence-electron chi connectivity index (χ3n) is 12.2. The van der Waals surface area contributed by atoms with Crippen LogP contribution in [0.3, 0.4) is 0 Å². The molecule has 0 bridgehead atoms. The summed E-state index contributed by atoms with van der Waals surface area (Å²) < 4.78 is 9.00. The van der Waals surface area contributed by atoms with Crippen LogP contribution in [-0.2, 0) is 5.41 Å². The largest absolute Gasteiger partial charge is 0.456 e. The summed E-state index contributed by atoms with van der Waals surface area (Å²) >= 11 is 1.79. The van der Waals surface area contributed by atoms with Crippen LogP contribution in [0.2, 0.25) is 0 Å². The van der Waals surface area contributed by atoms with E-state index in [1.54, 1.807) is 11.3 Å². The van der Waals surface area contributed by atoms with Crippen LogP contribution in [-0.4, -0.2) is 15.0 Å². The number of thiophene rings is 1. The molecule has 0 unspecified atom stereocenters. The maximum absolute atomic E-state index is 6.52. The first kappa shape index (κ1) is 33.9. The van der Waals surface area contributed by atoms with E-state index in [0.717, 1.165) is 49.8 Å². The molecule has 3 heterocycles. The lowest BCUT2D eigenvalue weighted by Crippen LogP contribution is -2.14. The van der Waals surface area contributed by atoms with Crippen LogP contribution < -0.4 is 0 Å². The zero-order valence-corrected chi connectivity index (χ0v) is 33.2. The molecule has 0 fully saturated rings. The summed E-state index contributed by atoms with van der Waals surface area (Å²) in [4.78, 5) is 15.4. The van der Waals surface area contributed by atoms with Crippen LogP contribution in [0.5, 0.6) is 0 Å². The first-order valence-electron chi connectivity index (χ1n) is 20.0. The Morgan fingerprint density at radius 1 is 0.390 bits per heavy atom. The van der Waals surface area contributed by atoms with Gasteiger partial charge in [-0.1, -0.05) is 147 Å². The van der Waals surface area contributed by atoms with Crippen LogP contribution in [0.4, 0.5) is 0 Å². The quantitative estimate of drug-likeness (QED) is 0.175. The molecule has 0 spiro atoms. The molecule has 0 amide bonds. The Morgan fingerprint density at radius 2 is 1.02 bits per heavy atom. The molecule has 5 heteroatoms. The number of aromatic nitrogens is 3. The molecule has 3 aromatic heterocycles. The molecule has 0 N–H and O–H groups in total. The Bertz CT molecular complexity index is 3490.